The van der Waals surface area contributed by atoms with E-state index in [1.54, 1.807) is 18.2 Å². The summed E-state index contributed by atoms with van der Waals surface area (Å²) in [5, 5.41) is 9.95. The molecule has 10 rings (SSSR count). The van der Waals surface area contributed by atoms with E-state index in [2.05, 4.69) is 16.0 Å². The van der Waals surface area contributed by atoms with Crippen LogP contribution in [-0.4, -0.2) is 81.5 Å². The normalized spacial score (nSPS) is 15.0. The fourth-order valence-corrected chi connectivity index (χ4v) is 10.4. The number of fused-ring (bicyclic) bond motifs is 3. The van der Waals surface area contributed by atoms with Crippen molar-refractivity contribution < 1.29 is 56.1 Å². The molecule has 0 spiro atoms. The lowest BCUT2D eigenvalue weighted by atomic mass is 9.84. The van der Waals surface area contributed by atoms with Gasteiger partial charge in [-0.3, -0.25) is 14.4 Å². The largest absolute Gasteiger partial charge is 0.496 e. The molecule has 0 radical (unpaired) electrons. The van der Waals surface area contributed by atoms with Crippen LogP contribution in [0.3, 0.4) is 0 Å². The Balaban J connectivity index is 1.57. The molecule has 0 aliphatic carbocycles. The standard InChI is InChI=1S/C57H51N3O12/c1-58-55(61)46-43-34(67-7)25-31(64-4)41-38(29-21-15-11-16-22-29)50(71-52(41)43)48(57(63)60-3)45-36(69-9)27-33(66-6)42-39(30-23-17-12-18-24-30)51(72-54(42)45)47(56(62)59-2)44-35(68-8)26-32(65-5)40-37(49(46)70-53(40)44)28-19-13-10-14-20-28/h10-27,46-48H,1-9H3,(H,58,61)(H,59,62)(H,60,63). The molecule has 366 valence electrons. The highest BCUT2D eigenvalue weighted by molar-refractivity contribution is 6.13. The fourth-order valence-electron chi connectivity index (χ4n) is 10.4. The van der Waals surface area contributed by atoms with Gasteiger partial charge in [-0.15, -0.1) is 0 Å². The quantitative estimate of drug-likeness (QED) is 0.106. The third-order valence-electron chi connectivity index (χ3n) is 13.5. The number of furan rings is 3. The van der Waals surface area contributed by atoms with Gasteiger partial charge in [-0.2, -0.15) is 0 Å². The first-order chi connectivity index (χ1) is 35.1. The molecule has 0 fully saturated rings. The van der Waals surface area contributed by atoms with Gasteiger partial charge in [0, 0.05) is 56.0 Å². The van der Waals surface area contributed by atoms with Crippen molar-refractivity contribution >= 4 is 50.6 Å². The average Bonchev–Trinajstić information content (AvgIpc) is 4.14. The summed E-state index contributed by atoms with van der Waals surface area (Å²) < 4.78 is 59.4. The van der Waals surface area contributed by atoms with Crippen molar-refractivity contribution in [1.29, 1.82) is 0 Å². The molecule has 1 aliphatic heterocycles. The predicted octanol–water partition coefficient (Wildman–Crippen LogP) is 9.92. The number of rotatable bonds is 12. The van der Waals surface area contributed by atoms with Crippen LogP contribution in [0.4, 0.5) is 0 Å². The zero-order valence-electron chi connectivity index (χ0n) is 41.0. The highest BCUT2D eigenvalue weighted by atomic mass is 16.5. The van der Waals surface area contributed by atoms with E-state index in [-0.39, 0.29) is 68.0 Å². The first-order valence-electron chi connectivity index (χ1n) is 23.1. The smallest absolute Gasteiger partial charge is 0.235 e. The van der Waals surface area contributed by atoms with E-state index < -0.39 is 35.5 Å². The van der Waals surface area contributed by atoms with Gasteiger partial charge in [-0.1, -0.05) is 91.0 Å². The summed E-state index contributed by atoms with van der Waals surface area (Å²) >= 11 is 0. The number of likely N-dealkylation sites (N-methyl/N-ethyl adjacent to an activating group) is 3. The molecular weight excluding hydrogens is 919 g/mol. The first kappa shape index (κ1) is 46.9. The molecule has 9 aromatic rings. The zero-order chi connectivity index (χ0) is 50.5. The second kappa shape index (κ2) is 18.8. The number of hydrogen-bond donors (Lipinski definition) is 3. The Morgan fingerprint density at radius 1 is 0.375 bits per heavy atom. The minimum absolute atomic E-state index is 0.137. The van der Waals surface area contributed by atoms with Crippen LogP contribution in [0.15, 0.2) is 122 Å². The van der Waals surface area contributed by atoms with Crippen LogP contribution >= 0.6 is 0 Å². The van der Waals surface area contributed by atoms with Crippen molar-refractivity contribution in [1.82, 2.24) is 16.0 Å². The molecule has 3 amide bonds. The summed E-state index contributed by atoms with van der Waals surface area (Å²) in [6, 6.07) is 33.3. The second-order valence-corrected chi connectivity index (χ2v) is 17.0. The van der Waals surface area contributed by atoms with Crippen LogP contribution in [0.1, 0.15) is 51.7 Å². The molecule has 15 nitrogen and oxygen atoms in total. The van der Waals surface area contributed by atoms with E-state index in [9.17, 15) is 0 Å². The van der Waals surface area contributed by atoms with E-state index >= 15 is 14.4 Å². The van der Waals surface area contributed by atoms with Crippen LogP contribution in [0, 0.1) is 0 Å². The van der Waals surface area contributed by atoms with E-state index in [1.807, 2.05) is 91.0 Å². The number of benzene rings is 6. The summed E-state index contributed by atoms with van der Waals surface area (Å²) in [4.78, 5) is 45.9. The van der Waals surface area contributed by atoms with Gasteiger partial charge in [-0.25, -0.2) is 0 Å². The van der Waals surface area contributed by atoms with Crippen molar-refractivity contribution in [3.8, 4) is 67.9 Å². The van der Waals surface area contributed by atoms with Crippen molar-refractivity contribution in [2.24, 2.45) is 0 Å². The number of hydrogen-bond acceptors (Lipinski definition) is 12. The lowest BCUT2D eigenvalue weighted by Gasteiger charge is -2.20. The molecule has 6 bridgehead atoms. The lowest BCUT2D eigenvalue weighted by molar-refractivity contribution is -0.122. The van der Waals surface area contributed by atoms with Crippen molar-refractivity contribution in [3.63, 3.8) is 0 Å². The fraction of sp³-hybridized carbons (Fsp3) is 0.211. The SMILES string of the molecule is CNC(=O)C1c2oc3c(c(OC)cc(OC)c3c2-c2ccccc2)C(C(=O)NC)c2oc3c(c(OC)cc(OC)c3c2-c2ccccc2)C(C(=O)NC)c2oc3c1c(OC)cc(OC)c3c2-c1ccccc1. The summed E-state index contributed by atoms with van der Waals surface area (Å²) in [5.41, 5.74) is 4.53. The van der Waals surface area contributed by atoms with Gasteiger partial charge in [0.1, 0.15) is 86.3 Å². The van der Waals surface area contributed by atoms with Crippen LogP contribution in [0.2, 0.25) is 0 Å². The maximum Gasteiger partial charge on any atom is 0.235 e. The molecule has 3 N–H and O–H groups in total. The lowest BCUT2D eigenvalue weighted by Crippen LogP contribution is -2.27. The number of nitrogens with one attached hydrogen (secondary N) is 3. The minimum Gasteiger partial charge on any atom is -0.496 e. The number of ether oxygens (including phenoxy) is 6. The molecule has 72 heavy (non-hydrogen) atoms. The highest BCUT2D eigenvalue weighted by Gasteiger charge is 2.45. The van der Waals surface area contributed by atoms with Crippen molar-refractivity contribution in [2.45, 2.75) is 17.8 Å². The predicted molar refractivity (Wildman–Crippen MR) is 272 cm³/mol. The van der Waals surface area contributed by atoms with Gasteiger partial charge in [0.05, 0.1) is 75.5 Å². The van der Waals surface area contributed by atoms with Crippen LogP contribution in [0.25, 0.3) is 66.3 Å². The van der Waals surface area contributed by atoms with Gasteiger partial charge < -0.3 is 57.6 Å². The Labute approximate surface area is 413 Å². The van der Waals surface area contributed by atoms with Gasteiger partial charge in [-0.05, 0) is 16.7 Å². The maximum absolute atomic E-state index is 15.3. The summed E-state index contributed by atoms with van der Waals surface area (Å²) in [7, 11) is 13.6. The molecule has 0 saturated carbocycles. The molecule has 4 heterocycles. The summed E-state index contributed by atoms with van der Waals surface area (Å²) in [6.45, 7) is 0. The monoisotopic (exact) mass is 969 g/mol. The molecular formula is C57H51N3O12. The molecule has 3 atom stereocenters. The Morgan fingerprint density at radius 3 is 0.819 bits per heavy atom. The number of carbonyl (C=O) groups excluding carboxylic acids is 3. The van der Waals surface area contributed by atoms with Gasteiger partial charge >= 0.3 is 0 Å². The minimum atomic E-state index is -1.37. The second-order valence-electron chi connectivity index (χ2n) is 17.0. The summed E-state index contributed by atoms with van der Waals surface area (Å²) in [5.74, 6) is -3.68. The maximum atomic E-state index is 15.3. The molecule has 15 heteroatoms. The van der Waals surface area contributed by atoms with Crippen molar-refractivity contribution in [3.05, 3.63) is 143 Å². The molecule has 1 aliphatic rings. The first-order valence-corrected chi connectivity index (χ1v) is 23.1. The zero-order valence-corrected chi connectivity index (χ0v) is 41.0. The Bertz CT molecular complexity index is 3200. The van der Waals surface area contributed by atoms with E-state index in [0.717, 1.165) is 0 Å². The Hall–Kier alpha value is -8.85. The van der Waals surface area contributed by atoms with E-state index in [4.69, 9.17) is 41.7 Å². The van der Waals surface area contributed by atoms with Crippen LogP contribution < -0.4 is 44.4 Å². The molecule has 3 unspecified atom stereocenters. The molecule has 0 saturated heterocycles. The molecule has 6 aromatic carbocycles. The van der Waals surface area contributed by atoms with E-state index in [1.165, 1.54) is 63.8 Å². The Kier molecular flexibility index (Phi) is 12.2. The average molecular weight is 970 g/mol. The molecule has 3 aromatic heterocycles. The highest BCUT2D eigenvalue weighted by Crippen LogP contribution is 2.58. The van der Waals surface area contributed by atoms with Gasteiger partial charge in [0.2, 0.25) is 17.7 Å². The third kappa shape index (κ3) is 7.05. The van der Waals surface area contributed by atoms with Gasteiger partial charge in [0.15, 0.2) is 0 Å². The van der Waals surface area contributed by atoms with Gasteiger partial charge in [0.25, 0.3) is 0 Å². The van der Waals surface area contributed by atoms with E-state index in [0.29, 0.717) is 66.8 Å². The van der Waals surface area contributed by atoms with Crippen LogP contribution in [0.5, 0.6) is 34.5 Å². The van der Waals surface area contributed by atoms with Crippen molar-refractivity contribution in [2.75, 3.05) is 63.8 Å². The summed E-state index contributed by atoms with van der Waals surface area (Å²) in [6.07, 6.45) is 0. The number of carbonyl (C=O) groups is 3. The topological polar surface area (TPSA) is 182 Å². The number of amides is 3. The third-order valence-corrected chi connectivity index (χ3v) is 13.5. The van der Waals surface area contributed by atoms with Crippen LogP contribution in [-0.2, 0) is 14.4 Å². The number of methoxy groups -OCH3 is 6. The Morgan fingerprint density at radius 2 is 0.611 bits per heavy atom.